The van der Waals surface area contributed by atoms with Crippen molar-refractivity contribution >= 4 is 72.2 Å². The summed E-state index contributed by atoms with van der Waals surface area (Å²) >= 11 is 8.17. The molecule has 12 nitrogen and oxygen atoms in total. The first-order valence-corrected chi connectivity index (χ1v) is 18.1. The van der Waals surface area contributed by atoms with E-state index in [1.54, 1.807) is 29.2 Å². The van der Waals surface area contributed by atoms with Gasteiger partial charge in [-0.25, -0.2) is 21.6 Å². The number of halogens is 1. The molecular weight excluding hydrogens is 646 g/mol. The maximum atomic E-state index is 13.2. The van der Waals surface area contributed by atoms with E-state index in [-0.39, 0.29) is 29.2 Å². The van der Waals surface area contributed by atoms with Gasteiger partial charge in [-0.05, 0) is 56.0 Å². The number of piperidine rings is 1. The average Bonchev–Trinajstić information content (AvgIpc) is 3.76. The molecule has 2 amide bonds. The molecule has 2 saturated heterocycles. The molecule has 0 spiro atoms. The van der Waals surface area contributed by atoms with Crippen molar-refractivity contribution in [1.29, 1.82) is 0 Å². The highest BCUT2D eigenvalue weighted by Crippen LogP contribution is 2.30. The predicted octanol–water partition coefficient (Wildman–Crippen LogP) is 2.97. The van der Waals surface area contributed by atoms with Crippen molar-refractivity contribution in [3.05, 3.63) is 51.2 Å². The van der Waals surface area contributed by atoms with Crippen molar-refractivity contribution in [2.75, 3.05) is 26.2 Å². The lowest BCUT2D eigenvalue weighted by atomic mass is 10.1. The summed E-state index contributed by atoms with van der Waals surface area (Å²) in [7, 11) is -7.74. The molecule has 0 bridgehead atoms. The molecule has 3 aromatic heterocycles. The fraction of sp³-hybridized carbons (Fsp3) is 0.400. The number of carbonyl (C=O) groups is 2. The Hall–Kier alpha value is -2.60. The maximum absolute atomic E-state index is 13.2. The summed E-state index contributed by atoms with van der Waals surface area (Å²) in [6.45, 7) is 0.582. The lowest BCUT2D eigenvalue weighted by Gasteiger charge is -2.34. The van der Waals surface area contributed by atoms with Crippen LogP contribution in [0.1, 0.15) is 30.6 Å². The van der Waals surface area contributed by atoms with Gasteiger partial charge in [0.15, 0.2) is 0 Å². The van der Waals surface area contributed by atoms with Gasteiger partial charge >= 0.3 is 0 Å². The highest BCUT2D eigenvalue weighted by Gasteiger charge is 2.36. The fourth-order valence-electron chi connectivity index (χ4n) is 4.87. The fourth-order valence-corrected chi connectivity index (χ4v) is 9.32. The molecule has 2 N–H and O–H groups in total. The van der Waals surface area contributed by atoms with Crippen LogP contribution in [-0.2, 0) is 29.6 Å². The molecule has 0 saturated carbocycles. The summed E-state index contributed by atoms with van der Waals surface area (Å²) < 4.78 is 61.5. The summed E-state index contributed by atoms with van der Waals surface area (Å²) in [5, 5.41) is 4.82. The highest BCUT2D eigenvalue weighted by atomic mass is 35.5. The molecular formula is C25H28ClN5O7S4. The van der Waals surface area contributed by atoms with E-state index >= 15 is 0 Å². The molecule has 2 atom stereocenters. The molecule has 226 valence electrons. The van der Waals surface area contributed by atoms with Gasteiger partial charge in [0.2, 0.25) is 31.9 Å². The Labute approximate surface area is 256 Å². The second-order valence-corrected chi connectivity index (χ2v) is 16.2. The van der Waals surface area contributed by atoms with E-state index in [2.05, 4.69) is 14.6 Å². The Morgan fingerprint density at radius 2 is 1.90 bits per heavy atom. The predicted molar refractivity (Wildman–Crippen MR) is 160 cm³/mol. The van der Waals surface area contributed by atoms with Crippen LogP contribution in [0.2, 0.25) is 4.34 Å². The number of aromatic nitrogens is 1. The summed E-state index contributed by atoms with van der Waals surface area (Å²) in [5.41, 5.74) is 0.538. The number of hydrogen-bond donors (Lipinski definition) is 2. The summed E-state index contributed by atoms with van der Waals surface area (Å²) in [5.74, 6) is -0.782. The standard InChI is InChI=1S/C25H28ClN5O7S4/c26-22-7-5-18(39-22)10-14-41(34,35)29-20-4-2-11-30(25(20)33)16-23(32)31-12-1-3-17(31)15-27-42(36,37)24-8-6-21(40-24)19-9-13-38-28-19/h5-10,13-14,17,20,27,29H,1-4,11-12,15-16H2/t17-,20+/m1/s1. The Kier molecular flexibility index (Phi) is 9.51. The zero-order chi connectivity index (χ0) is 29.9. The van der Waals surface area contributed by atoms with Gasteiger partial charge in [0, 0.05) is 42.0 Å². The monoisotopic (exact) mass is 673 g/mol. The normalized spacial score (nSPS) is 20.2. The van der Waals surface area contributed by atoms with E-state index in [4.69, 9.17) is 16.1 Å². The molecule has 5 heterocycles. The van der Waals surface area contributed by atoms with Gasteiger partial charge in [0.1, 0.15) is 22.2 Å². The van der Waals surface area contributed by atoms with E-state index in [1.807, 2.05) is 0 Å². The quantitative estimate of drug-likeness (QED) is 0.314. The first-order valence-electron chi connectivity index (χ1n) is 13.0. The number of amides is 2. The Morgan fingerprint density at radius 3 is 2.64 bits per heavy atom. The molecule has 0 radical (unpaired) electrons. The molecule has 3 aromatic rings. The van der Waals surface area contributed by atoms with Gasteiger partial charge in [-0.15, -0.1) is 22.7 Å². The number of likely N-dealkylation sites (tertiary alicyclic amines) is 2. The van der Waals surface area contributed by atoms with Gasteiger partial charge in [0.05, 0.1) is 15.8 Å². The number of thiophene rings is 2. The first-order chi connectivity index (χ1) is 20.0. The first kappa shape index (κ1) is 30.8. The maximum Gasteiger partial charge on any atom is 0.250 e. The van der Waals surface area contributed by atoms with Crippen LogP contribution in [0.15, 0.2) is 50.7 Å². The SMILES string of the molecule is O=C1[C@@H](NS(=O)(=O)C=Cc2ccc(Cl)s2)CCCN1CC(=O)N1CCC[C@@H]1CNS(=O)(=O)c1ccc(-c2ccon2)s1. The number of nitrogens with zero attached hydrogens (tertiary/aromatic N) is 3. The number of carbonyl (C=O) groups excluding carboxylic acids is 2. The second kappa shape index (κ2) is 13.0. The van der Waals surface area contributed by atoms with Gasteiger partial charge in [0.25, 0.3) is 0 Å². The molecule has 17 heteroatoms. The lowest BCUT2D eigenvalue weighted by molar-refractivity contribution is -0.143. The minimum absolute atomic E-state index is 0.0312. The number of hydrogen-bond acceptors (Lipinski definition) is 10. The van der Waals surface area contributed by atoms with Gasteiger partial charge in [-0.3, -0.25) is 9.59 Å². The summed E-state index contributed by atoms with van der Waals surface area (Å²) in [6.07, 6.45) is 4.97. The van der Waals surface area contributed by atoms with Gasteiger partial charge < -0.3 is 14.3 Å². The summed E-state index contributed by atoms with van der Waals surface area (Å²) in [4.78, 5) is 30.6. The van der Waals surface area contributed by atoms with Crippen LogP contribution in [-0.4, -0.2) is 81.9 Å². The van der Waals surface area contributed by atoms with Crippen LogP contribution in [0.3, 0.4) is 0 Å². The van der Waals surface area contributed by atoms with Crippen LogP contribution in [0.5, 0.6) is 0 Å². The third kappa shape index (κ3) is 7.48. The minimum Gasteiger partial charge on any atom is -0.364 e. The van der Waals surface area contributed by atoms with Crippen molar-refractivity contribution in [3.8, 4) is 10.6 Å². The Balaban J connectivity index is 1.16. The van der Waals surface area contributed by atoms with E-state index in [0.717, 1.165) is 16.7 Å². The summed E-state index contributed by atoms with van der Waals surface area (Å²) in [6, 6.07) is 6.78. The molecule has 42 heavy (non-hydrogen) atoms. The minimum atomic E-state index is -3.92. The second-order valence-electron chi connectivity index (χ2n) is 9.80. The van der Waals surface area contributed by atoms with Crippen molar-refractivity contribution in [3.63, 3.8) is 0 Å². The highest BCUT2D eigenvalue weighted by molar-refractivity contribution is 7.92. The van der Waals surface area contributed by atoms with Crippen molar-refractivity contribution in [2.45, 2.75) is 42.0 Å². The van der Waals surface area contributed by atoms with Crippen LogP contribution in [0.25, 0.3) is 16.6 Å². The molecule has 0 unspecified atom stereocenters. The zero-order valence-corrected chi connectivity index (χ0v) is 26.2. The number of sulfonamides is 2. The molecule has 5 rings (SSSR count). The Morgan fingerprint density at radius 1 is 1.10 bits per heavy atom. The number of nitrogens with one attached hydrogen (secondary N) is 2. The van der Waals surface area contributed by atoms with Gasteiger partial charge in [-0.1, -0.05) is 16.8 Å². The molecule has 0 aliphatic carbocycles. The third-order valence-electron chi connectivity index (χ3n) is 6.91. The van der Waals surface area contributed by atoms with E-state index < -0.39 is 32.0 Å². The topological polar surface area (TPSA) is 159 Å². The van der Waals surface area contributed by atoms with Crippen molar-refractivity contribution < 1.29 is 30.9 Å². The lowest BCUT2D eigenvalue weighted by Crippen LogP contribution is -2.55. The molecule has 0 aromatic carbocycles. The van der Waals surface area contributed by atoms with E-state index in [0.29, 0.717) is 58.6 Å². The van der Waals surface area contributed by atoms with Crippen LogP contribution in [0, 0.1) is 0 Å². The largest absolute Gasteiger partial charge is 0.364 e. The third-order valence-corrected chi connectivity index (χ3v) is 12.2. The van der Waals surface area contributed by atoms with E-state index in [9.17, 15) is 26.4 Å². The molecule has 2 aliphatic heterocycles. The van der Waals surface area contributed by atoms with Crippen molar-refractivity contribution in [2.24, 2.45) is 0 Å². The van der Waals surface area contributed by atoms with Crippen molar-refractivity contribution in [1.82, 2.24) is 24.4 Å². The zero-order valence-electron chi connectivity index (χ0n) is 22.1. The smallest absolute Gasteiger partial charge is 0.250 e. The Bertz CT molecular complexity index is 1670. The average molecular weight is 674 g/mol. The number of rotatable bonds is 11. The van der Waals surface area contributed by atoms with E-state index in [1.165, 1.54) is 34.6 Å². The van der Waals surface area contributed by atoms with Gasteiger partial charge in [-0.2, -0.15) is 4.72 Å². The molecule has 2 aliphatic rings. The van der Waals surface area contributed by atoms with Crippen LogP contribution >= 0.6 is 34.3 Å². The van der Waals surface area contributed by atoms with Crippen LogP contribution in [0.4, 0.5) is 0 Å². The van der Waals surface area contributed by atoms with Crippen LogP contribution < -0.4 is 9.44 Å². The molecule has 2 fully saturated rings.